The molecule has 1 aliphatic rings. The highest BCUT2D eigenvalue weighted by molar-refractivity contribution is 5.06. The van der Waals surface area contributed by atoms with Crippen LogP contribution in [0, 0.1) is 5.92 Å². The number of alkyl halides is 3. The third-order valence-corrected chi connectivity index (χ3v) is 3.87. The van der Waals surface area contributed by atoms with Gasteiger partial charge in [0.25, 0.3) is 0 Å². The van der Waals surface area contributed by atoms with Crippen LogP contribution in [0.5, 0.6) is 0 Å². The molecular formula is C12H19F3N4. The minimum atomic E-state index is -4.17. The highest BCUT2D eigenvalue weighted by Crippen LogP contribution is 2.45. The summed E-state index contributed by atoms with van der Waals surface area (Å²) in [6, 6.07) is 0. The summed E-state index contributed by atoms with van der Waals surface area (Å²) in [6.45, 7) is 2.62. The largest absolute Gasteiger partial charge is 0.392 e. The van der Waals surface area contributed by atoms with Crippen molar-refractivity contribution in [3.8, 4) is 0 Å². The zero-order valence-electron chi connectivity index (χ0n) is 11.0. The first-order chi connectivity index (χ1) is 8.99. The lowest BCUT2D eigenvalue weighted by molar-refractivity contribution is -0.188. The van der Waals surface area contributed by atoms with Crippen molar-refractivity contribution in [3.63, 3.8) is 0 Å². The van der Waals surface area contributed by atoms with Crippen LogP contribution in [0.2, 0.25) is 0 Å². The summed E-state index contributed by atoms with van der Waals surface area (Å²) in [5.74, 6) is -0.878. The molecule has 0 radical (unpaired) electrons. The van der Waals surface area contributed by atoms with Gasteiger partial charge in [-0.3, -0.25) is 0 Å². The minimum absolute atomic E-state index is 0.183. The predicted molar refractivity (Wildman–Crippen MR) is 64.3 cm³/mol. The number of nitrogens with zero attached hydrogens (tertiary/aromatic N) is 3. The van der Waals surface area contributed by atoms with Crippen LogP contribution in [0.3, 0.4) is 0 Å². The van der Waals surface area contributed by atoms with Gasteiger partial charge in [0.1, 0.15) is 11.6 Å². The molecule has 1 aliphatic carbocycles. The van der Waals surface area contributed by atoms with Crippen LogP contribution < -0.4 is 5.73 Å². The van der Waals surface area contributed by atoms with Crippen molar-refractivity contribution in [2.24, 2.45) is 11.7 Å². The van der Waals surface area contributed by atoms with Crippen LogP contribution in [0.15, 0.2) is 0 Å². The smallest absolute Gasteiger partial charge is 0.324 e. The summed E-state index contributed by atoms with van der Waals surface area (Å²) in [7, 11) is 0. The molecule has 2 unspecified atom stereocenters. The molecule has 2 atom stereocenters. The Bertz CT molecular complexity index is 427. The van der Waals surface area contributed by atoms with Gasteiger partial charge in [-0.1, -0.05) is 12.8 Å². The van der Waals surface area contributed by atoms with Crippen molar-refractivity contribution in [2.45, 2.75) is 57.8 Å². The minimum Gasteiger partial charge on any atom is -0.324 e. The Morgan fingerprint density at radius 2 is 1.95 bits per heavy atom. The topological polar surface area (TPSA) is 56.7 Å². The van der Waals surface area contributed by atoms with E-state index in [4.69, 9.17) is 5.73 Å². The van der Waals surface area contributed by atoms with Gasteiger partial charge in [0, 0.05) is 12.5 Å². The van der Waals surface area contributed by atoms with Gasteiger partial charge in [-0.15, -0.1) is 10.2 Å². The monoisotopic (exact) mass is 276 g/mol. The van der Waals surface area contributed by atoms with E-state index in [9.17, 15) is 13.2 Å². The van der Waals surface area contributed by atoms with E-state index in [-0.39, 0.29) is 13.0 Å². The fourth-order valence-electron chi connectivity index (χ4n) is 2.95. The summed E-state index contributed by atoms with van der Waals surface area (Å²) in [5.41, 5.74) is 5.54. The lowest BCUT2D eigenvalue weighted by Crippen LogP contribution is -2.33. The van der Waals surface area contributed by atoms with Crippen molar-refractivity contribution < 1.29 is 13.2 Å². The van der Waals surface area contributed by atoms with E-state index in [0.717, 1.165) is 6.42 Å². The third kappa shape index (κ3) is 2.75. The first kappa shape index (κ1) is 14.3. The first-order valence-electron chi connectivity index (χ1n) is 6.67. The van der Waals surface area contributed by atoms with Gasteiger partial charge in [-0.25, -0.2) is 0 Å². The maximum absolute atomic E-state index is 13.1. The Labute approximate surface area is 110 Å². The van der Waals surface area contributed by atoms with E-state index in [1.54, 1.807) is 4.57 Å². The van der Waals surface area contributed by atoms with E-state index in [1.165, 1.54) is 0 Å². The zero-order chi connectivity index (χ0) is 14.0. The lowest BCUT2D eigenvalue weighted by Gasteiger charge is -2.32. The molecule has 1 fully saturated rings. The Kier molecular flexibility index (Phi) is 4.13. The molecule has 1 aromatic rings. The van der Waals surface area contributed by atoms with E-state index in [2.05, 4.69) is 10.2 Å². The van der Waals surface area contributed by atoms with Gasteiger partial charge >= 0.3 is 6.18 Å². The van der Waals surface area contributed by atoms with Gasteiger partial charge in [-0.2, -0.15) is 13.2 Å². The highest BCUT2D eigenvalue weighted by atomic mass is 19.4. The lowest BCUT2D eigenvalue weighted by atomic mass is 9.78. The van der Waals surface area contributed by atoms with E-state index < -0.39 is 18.0 Å². The van der Waals surface area contributed by atoms with Crippen molar-refractivity contribution >= 4 is 0 Å². The summed E-state index contributed by atoms with van der Waals surface area (Å²) in [4.78, 5) is 0. The molecule has 2 rings (SSSR count). The van der Waals surface area contributed by atoms with Gasteiger partial charge in [-0.05, 0) is 19.8 Å². The van der Waals surface area contributed by atoms with Crippen LogP contribution >= 0.6 is 0 Å². The van der Waals surface area contributed by atoms with Gasteiger partial charge in [0.15, 0.2) is 0 Å². The zero-order valence-corrected chi connectivity index (χ0v) is 11.0. The second kappa shape index (κ2) is 5.48. The van der Waals surface area contributed by atoms with Crippen LogP contribution in [-0.4, -0.2) is 20.9 Å². The Balaban J connectivity index is 2.35. The molecule has 0 aliphatic heterocycles. The van der Waals surface area contributed by atoms with E-state index >= 15 is 0 Å². The Hall–Kier alpha value is -1.11. The Morgan fingerprint density at radius 1 is 1.26 bits per heavy atom. The van der Waals surface area contributed by atoms with E-state index in [1.807, 2.05) is 6.92 Å². The molecule has 0 spiro atoms. The molecule has 19 heavy (non-hydrogen) atoms. The molecular weight excluding hydrogens is 257 g/mol. The average molecular weight is 276 g/mol. The number of rotatable bonds is 3. The van der Waals surface area contributed by atoms with Crippen molar-refractivity contribution in [1.29, 1.82) is 0 Å². The molecule has 0 amide bonds. The van der Waals surface area contributed by atoms with Crippen LogP contribution in [0.4, 0.5) is 13.2 Å². The molecule has 0 aromatic carbocycles. The normalized spacial score (nSPS) is 24.7. The number of nitrogens with two attached hydrogens (primary N) is 1. The molecule has 1 heterocycles. The summed E-state index contributed by atoms with van der Waals surface area (Å²) < 4.78 is 41.1. The second-order valence-corrected chi connectivity index (χ2v) is 4.96. The number of hydrogen-bond acceptors (Lipinski definition) is 3. The van der Waals surface area contributed by atoms with Gasteiger partial charge < -0.3 is 10.3 Å². The molecule has 4 nitrogen and oxygen atoms in total. The molecule has 0 bridgehead atoms. The first-order valence-corrected chi connectivity index (χ1v) is 6.67. The maximum atomic E-state index is 13.1. The van der Waals surface area contributed by atoms with Crippen molar-refractivity contribution in [1.82, 2.24) is 14.8 Å². The number of hydrogen-bond donors (Lipinski definition) is 1. The second-order valence-electron chi connectivity index (χ2n) is 4.96. The fraction of sp³-hybridized carbons (Fsp3) is 0.833. The molecule has 1 aromatic heterocycles. The molecule has 0 saturated heterocycles. The quantitative estimate of drug-likeness (QED) is 0.923. The van der Waals surface area contributed by atoms with Crippen LogP contribution in [0.25, 0.3) is 0 Å². The third-order valence-electron chi connectivity index (χ3n) is 3.87. The Morgan fingerprint density at radius 3 is 2.53 bits per heavy atom. The highest BCUT2D eigenvalue weighted by Gasteiger charge is 2.47. The van der Waals surface area contributed by atoms with Crippen molar-refractivity contribution in [2.75, 3.05) is 0 Å². The maximum Gasteiger partial charge on any atom is 0.392 e. The van der Waals surface area contributed by atoms with Gasteiger partial charge in [0.05, 0.1) is 12.5 Å². The summed E-state index contributed by atoms with van der Waals surface area (Å²) >= 11 is 0. The summed E-state index contributed by atoms with van der Waals surface area (Å²) in [5, 5.41) is 7.90. The van der Waals surface area contributed by atoms with Gasteiger partial charge in [0.2, 0.25) is 0 Å². The molecule has 7 heteroatoms. The molecule has 108 valence electrons. The molecule has 1 saturated carbocycles. The average Bonchev–Trinajstić information content (AvgIpc) is 2.80. The standard InChI is InChI=1S/C12H19F3N4/c1-2-19-10(7-16)17-18-11(19)8-5-3-4-6-9(8)12(13,14)15/h8-9H,2-7,16H2,1H3. The number of halogens is 3. The SMILES string of the molecule is CCn1c(CN)nnc1C1CCCCC1C(F)(F)F. The van der Waals surface area contributed by atoms with Crippen LogP contribution in [0.1, 0.15) is 50.2 Å². The molecule has 2 N–H and O–H groups in total. The van der Waals surface area contributed by atoms with E-state index in [0.29, 0.717) is 31.0 Å². The summed E-state index contributed by atoms with van der Waals surface area (Å²) in [6.07, 6.45) is -2.02. The number of aromatic nitrogens is 3. The fourth-order valence-corrected chi connectivity index (χ4v) is 2.95. The van der Waals surface area contributed by atoms with Crippen molar-refractivity contribution in [3.05, 3.63) is 11.6 Å². The predicted octanol–water partition coefficient (Wildman–Crippen LogP) is 2.59. The van der Waals surface area contributed by atoms with Crippen LogP contribution in [-0.2, 0) is 13.1 Å².